The molecule has 0 radical (unpaired) electrons. The minimum Gasteiger partial charge on any atom is -0.369 e. The molecule has 3 aromatic heterocycles. The number of rotatable bonds is 8. The van der Waals surface area contributed by atoms with Crippen LogP contribution in [0.15, 0.2) is 27.9 Å². The van der Waals surface area contributed by atoms with Crippen molar-refractivity contribution in [3.8, 4) is 11.4 Å². The lowest BCUT2D eigenvalue weighted by molar-refractivity contribution is 0.237. The standard InChI is InChI=1S/C23H31N7O2/c1-2-11-29-21-19(22(31)30(23(29)32)17-7-8-17)26-20(27-21)16-6-9-18(25-15-16)24-10-14-28-12-4-3-5-13-28/h6,9,15,17H,2-5,7-8,10-14H2,1H3,(H,24,25)(H,26,27). The average Bonchev–Trinajstić information content (AvgIpc) is 3.54. The SMILES string of the molecule is CCCn1c(=O)n(C2CC2)c(=O)c2[nH]c(-c3ccc(NCCN4CCCCC4)nc3)nc21. The van der Waals surface area contributed by atoms with Crippen molar-refractivity contribution < 1.29 is 0 Å². The molecule has 2 N–H and O–H groups in total. The van der Waals surface area contributed by atoms with E-state index in [9.17, 15) is 9.59 Å². The summed E-state index contributed by atoms with van der Waals surface area (Å²) in [7, 11) is 0. The third kappa shape index (κ3) is 4.09. The average molecular weight is 438 g/mol. The Morgan fingerprint density at radius 1 is 1.12 bits per heavy atom. The molecule has 1 saturated heterocycles. The number of nitrogens with zero attached hydrogens (tertiary/aromatic N) is 5. The van der Waals surface area contributed by atoms with Crippen molar-refractivity contribution in [1.29, 1.82) is 0 Å². The second-order valence-corrected chi connectivity index (χ2v) is 8.89. The number of fused-ring (bicyclic) bond motifs is 1. The first-order valence-electron chi connectivity index (χ1n) is 11.8. The first-order chi connectivity index (χ1) is 15.7. The van der Waals surface area contributed by atoms with Crippen LogP contribution in [-0.4, -0.2) is 55.2 Å². The van der Waals surface area contributed by atoms with Crippen molar-refractivity contribution in [2.24, 2.45) is 0 Å². The lowest BCUT2D eigenvalue weighted by atomic mass is 10.1. The fourth-order valence-electron chi connectivity index (χ4n) is 4.52. The van der Waals surface area contributed by atoms with Gasteiger partial charge in [-0.25, -0.2) is 14.8 Å². The Morgan fingerprint density at radius 2 is 1.94 bits per heavy atom. The highest BCUT2D eigenvalue weighted by molar-refractivity contribution is 5.75. The van der Waals surface area contributed by atoms with Crippen LogP contribution in [0.2, 0.25) is 0 Å². The van der Waals surface area contributed by atoms with E-state index in [0.29, 0.717) is 23.5 Å². The summed E-state index contributed by atoms with van der Waals surface area (Å²) >= 11 is 0. The van der Waals surface area contributed by atoms with Crippen LogP contribution < -0.4 is 16.6 Å². The number of aromatic nitrogens is 5. The molecular formula is C23H31N7O2. The van der Waals surface area contributed by atoms with Gasteiger partial charge in [0.1, 0.15) is 17.2 Å². The van der Waals surface area contributed by atoms with E-state index in [1.54, 1.807) is 10.8 Å². The summed E-state index contributed by atoms with van der Waals surface area (Å²) < 4.78 is 3.02. The number of imidazole rings is 1. The first kappa shape index (κ1) is 20.9. The maximum Gasteiger partial charge on any atom is 0.333 e. The van der Waals surface area contributed by atoms with E-state index in [4.69, 9.17) is 0 Å². The Kier molecular flexibility index (Phi) is 5.82. The van der Waals surface area contributed by atoms with Gasteiger partial charge in [0.2, 0.25) is 0 Å². The van der Waals surface area contributed by atoms with Gasteiger partial charge in [0.15, 0.2) is 5.65 Å². The quantitative estimate of drug-likeness (QED) is 0.562. The van der Waals surface area contributed by atoms with Gasteiger partial charge in [-0.3, -0.25) is 13.9 Å². The third-order valence-corrected chi connectivity index (χ3v) is 6.39. The van der Waals surface area contributed by atoms with Gasteiger partial charge >= 0.3 is 5.69 Å². The van der Waals surface area contributed by atoms with Gasteiger partial charge in [-0.05, 0) is 57.3 Å². The maximum absolute atomic E-state index is 13.0. The number of hydrogen-bond donors (Lipinski definition) is 2. The molecule has 0 amide bonds. The van der Waals surface area contributed by atoms with Gasteiger partial charge in [0, 0.05) is 37.4 Å². The number of H-pyrrole nitrogens is 1. The molecule has 3 aromatic rings. The molecule has 1 aliphatic heterocycles. The second kappa shape index (κ2) is 8.90. The fraction of sp³-hybridized carbons (Fsp3) is 0.565. The minimum atomic E-state index is -0.275. The molecular weight excluding hydrogens is 406 g/mol. The third-order valence-electron chi connectivity index (χ3n) is 6.39. The van der Waals surface area contributed by atoms with Crippen molar-refractivity contribution in [3.05, 3.63) is 39.2 Å². The van der Waals surface area contributed by atoms with Crippen molar-refractivity contribution in [1.82, 2.24) is 29.0 Å². The second-order valence-electron chi connectivity index (χ2n) is 8.89. The predicted molar refractivity (Wildman–Crippen MR) is 125 cm³/mol. The summed E-state index contributed by atoms with van der Waals surface area (Å²) in [6, 6.07) is 3.89. The van der Waals surface area contributed by atoms with Gasteiger partial charge in [0.05, 0.1) is 0 Å². The predicted octanol–water partition coefficient (Wildman–Crippen LogP) is 2.59. The molecule has 9 heteroatoms. The molecule has 0 spiro atoms. The summed E-state index contributed by atoms with van der Waals surface area (Å²) in [5, 5.41) is 3.38. The highest BCUT2D eigenvalue weighted by Gasteiger charge is 2.29. The Balaban J connectivity index is 1.37. The summed E-state index contributed by atoms with van der Waals surface area (Å²) in [5.41, 5.74) is 1.08. The number of pyridine rings is 1. The molecule has 0 bridgehead atoms. The van der Waals surface area contributed by atoms with Crippen LogP contribution >= 0.6 is 0 Å². The van der Waals surface area contributed by atoms with Gasteiger partial charge in [0.25, 0.3) is 5.56 Å². The molecule has 32 heavy (non-hydrogen) atoms. The van der Waals surface area contributed by atoms with E-state index in [1.807, 2.05) is 19.1 Å². The molecule has 4 heterocycles. The lowest BCUT2D eigenvalue weighted by Gasteiger charge is -2.26. The number of anilines is 1. The number of nitrogens with one attached hydrogen (secondary N) is 2. The van der Waals surface area contributed by atoms with Crippen LogP contribution in [0.25, 0.3) is 22.6 Å². The lowest BCUT2D eigenvalue weighted by Crippen LogP contribution is -2.39. The van der Waals surface area contributed by atoms with E-state index >= 15 is 0 Å². The zero-order valence-electron chi connectivity index (χ0n) is 18.6. The molecule has 0 unspecified atom stereocenters. The highest BCUT2D eigenvalue weighted by atomic mass is 16.2. The van der Waals surface area contributed by atoms with E-state index < -0.39 is 0 Å². The van der Waals surface area contributed by atoms with E-state index in [0.717, 1.165) is 43.7 Å². The molecule has 1 saturated carbocycles. The molecule has 170 valence electrons. The van der Waals surface area contributed by atoms with Gasteiger partial charge in [-0.1, -0.05) is 13.3 Å². The van der Waals surface area contributed by atoms with Crippen molar-refractivity contribution in [3.63, 3.8) is 0 Å². The maximum atomic E-state index is 13.0. The van der Waals surface area contributed by atoms with E-state index in [-0.39, 0.29) is 17.3 Å². The Hall–Kier alpha value is -2.94. The summed E-state index contributed by atoms with van der Waals surface area (Å²) in [6.45, 7) is 6.80. The topological polar surface area (TPSA) is 101 Å². The van der Waals surface area contributed by atoms with Gasteiger partial charge in [-0.2, -0.15) is 0 Å². The number of hydrogen-bond acceptors (Lipinski definition) is 6. The van der Waals surface area contributed by atoms with Crippen molar-refractivity contribution in [2.45, 2.75) is 58.0 Å². The number of likely N-dealkylation sites (tertiary alicyclic amines) is 1. The zero-order chi connectivity index (χ0) is 22.1. The van der Waals surface area contributed by atoms with E-state index in [2.05, 4.69) is 25.2 Å². The van der Waals surface area contributed by atoms with Gasteiger partial charge in [-0.15, -0.1) is 0 Å². The minimum absolute atomic E-state index is 0.0196. The normalized spacial score (nSPS) is 17.2. The molecule has 0 aromatic carbocycles. The molecule has 2 fully saturated rings. The van der Waals surface area contributed by atoms with Crippen LogP contribution in [0.1, 0.15) is 51.5 Å². The molecule has 2 aliphatic rings. The largest absolute Gasteiger partial charge is 0.369 e. The Labute approximate surface area is 186 Å². The summed E-state index contributed by atoms with van der Waals surface area (Å²) in [6.07, 6.45) is 8.23. The number of aromatic amines is 1. The van der Waals surface area contributed by atoms with Crippen LogP contribution in [-0.2, 0) is 6.54 Å². The monoisotopic (exact) mass is 437 g/mol. The molecule has 5 rings (SSSR count). The van der Waals surface area contributed by atoms with Crippen LogP contribution in [0.3, 0.4) is 0 Å². The van der Waals surface area contributed by atoms with Crippen LogP contribution in [0.4, 0.5) is 5.82 Å². The smallest absolute Gasteiger partial charge is 0.333 e. The highest BCUT2D eigenvalue weighted by Crippen LogP contribution is 2.32. The van der Waals surface area contributed by atoms with Gasteiger partial charge < -0.3 is 15.2 Å². The fourth-order valence-corrected chi connectivity index (χ4v) is 4.52. The first-order valence-corrected chi connectivity index (χ1v) is 11.8. The Morgan fingerprint density at radius 3 is 2.62 bits per heavy atom. The summed E-state index contributed by atoms with van der Waals surface area (Å²) in [4.78, 5) is 40.7. The van der Waals surface area contributed by atoms with Crippen LogP contribution in [0, 0.1) is 0 Å². The zero-order valence-corrected chi connectivity index (χ0v) is 18.6. The number of piperidine rings is 1. The van der Waals surface area contributed by atoms with Crippen molar-refractivity contribution >= 4 is 17.0 Å². The Bertz CT molecular complexity index is 1200. The van der Waals surface area contributed by atoms with E-state index in [1.165, 1.54) is 36.9 Å². The molecule has 9 nitrogen and oxygen atoms in total. The van der Waals surface area contributed by atoms with Crippen LogP contribution in [0.5, 0.6) is 0 Å². The summed E-state index contributed by atoms with van der Waals surface area (Å²) in [5.74, 6) is 1.38. The number of aryl methyl sites for hydroxylation is 1. The van der Waals surface area contributed by atoms with Crippen molar-refractivity contribution in [2.75, 3.05) is 31.5 Å². The molecule has 1 aliphatic carbocycles. The molecule has 0 atom stereocenters.